The second kappa shape index (κ2) is 7.23. The molecule has 0 aliphatic heterocycles. The SMILES string of the molecule is Cn1nnnc1SCc1ccc(OCc2ccc(F)cc2)cc1. The van der Waals surface area contributed by atoms with Crippen molar-refractivity contribution >= 4 is 11.8 Å². The first-order chi connectivity index (χ1) is 11.2. The summed E-state index contributed by atoms with van der Waals surface area (Å²) in [6.07, 6.45) is 0. The lowest BCUT2D eigenvalue weighted by Gasteiger charge is -2.07. The van der Waals surface area contributed by atoms with Gasteiger partial charge in [-0.3, -0.25) is 0 Å². The number of nitrogens with zero attached hydrogens (tertiary/aromatic N) is 4. The normalized spacial score (nSPS) is 10.7. The van der Waals surface area contributed by atoms with Crippen LogP contribution in [0.1, 0.15) is 11.1 Å². The fourth-order valence-corrected chi connectivity index (χ4v) is 2.73. The molecule has 0 spiro atoms. The van der Waals surface area contributed by atoms with E-state index in [4.69, 9.17) is 4.74 Å². The van der Waals surface area contributed by atoms with Gasteiger partial charge in [0.1, 0.15) is 18.2 Å². The fraction of sp³-hybridized carbons (Fsp3) is 0.188. The molecule has 0 aliphatic rings. The number of ether oxygens (including phenoxy) is 1. The highest BCUT2D eigenvalue weighted by Crippen LogP contribution is 2.21. The average molecular weight is 330 g/mol. The summed E-state index contributed by atoms with van der Waals surface area (Å²) in [7, 11) is 1.81. The molecule has 0 amide bonds. The second-order valence-electron chi connectivity index (χ2n) is 4.93. The first-order valence-corrected chi connectivity index (χ1v) is 8.00. The minimum absolute atomic E-state index is 0.242. The third kappa shape index (κ3) is 4.29. The summed E-state index contributed by atoms with van der Waals surface area (Å²) in [6, 6.07) is 14.2. The Balaban J connectivity index is 1.52. The lowest BCUT2D eigenvalue weighted by Crippen LogP contribution is -1.96. The number of aryl methyl sites for hydroxylation is 1. The molecular weight excluding hydrogens is 315 g/mol. The van der Waals surface area contributed by atoms with E-state index in [1.807, 2.05) is 31.3 Å². The topological polar surface area (TPSA) is 52.8 Å². The van der Waals surface area contributed by atoms with Crippen LogP contribution in [0, 0.1) is 5.82 Å². The Morgan fingerprint density at radius 1 is 1.04 bits per heavy atom. The van der Waals surface area contributed by atoms with Gasteiger partial charge in [0.25, 0.3) is 0 Å². The number of benzene rings is 2. The fourth-order valence-electron chi connectivity index (χ4n) is 1.92. The maximum absolute atomic E-state index is 12.8. The molecule has 0 N–H and O–H groups in total. The summed E-state index contributed by atoms with van der Waals surface area (Å²) >= 11 is 1.57. The molecule has 0 atom stereocenters. The predicted molar refractivity (Wildman–Crippen MR) is 85.5 cm³/mol. The van der Waals surface area contributed by atoms with Crippen molar-refractivity contribution in [3.8, 4) is 5.75 Å². The zero-order chi connectivity index (χ0) is 16.1. The van der Waals surface area contributed by atoms with Crippen LogP contribution >= 0.6 is 11.8 Å². The highest BCUT2D eigenvalue weighted by Gasteiger charge is 2.04. The van der Waals surface area contributed by atoms with Crippen LogP contribution in [0.2, 0.25) is 0 Å². The molecule has 7 heteroatoms. The maximum atomic E-state index is 12.8. The minimum atomic E-state index is -0.242. The molecule has 2 aromatic carbocycles. The number of thioether (sulfide) groups is 1. The lowest BCUT2D eigenvalue weighted by molar-refractivity contribution is 0.306. The Labute approximate surface area is 137 Å². The quantitative estimate of drug-likeness (QED) is 0.650. The molecule has 0 aliphatic carbocycles. The van der Waals surface area contributed by atoms with E-state index in [9.17, 15) is 4.39 Å². The van der Waals surface area contributed by atoms with Crippen molar-refractivity contribution in [2.24, 2.45) is 7.05 Å². The summed E-state index contributed by atoms with van der Waals surface area (Å²) < 4.78 is 20.2. The molecule has 0 saturated heterocycles. The molecule has 1 heterocycles. The molecule has 1 aromatic heterocycles. The molecule has 5 nitrogen and oxygen atoms in total. The number of halogens is 1. The van der Waals surface area contributed by atoms with Crippen LogP contribution in [0.15, 0.2) is 53.7 Å². The van der Waals surface area contributed by atoms with Crippen LogP contribution in [0.4, 0.5) is 4.39 Å². The van der Waals surface area contributed by atoms with Crippen molar-refractivity contribution in [2.75, 3.05) is 0 Å². The van der Waals surface area contributed by atoms with E-state index in [0.717, 1.165) is 27.8 Å². The predicted octanol–water partition coefficient (Wildman–Crippen LogP) is 3.22. The van der Waals surface area contributed by atoms with Gasteiger partial charge in [-0.2, -0.15) is 0 Å². The summed E-state index contributed by atoms with van der Waals surface area (Å²) in [6.45, 7) is 0.416. The molecule has 0 saturated carbocycles. The number of aromatic nitrogens is 4. The summed E-state index contributed by atoms with van der Waals surface area (Å²) in [4.78, 5) is 0. The highest BCUT2D eigenvalue weighted by atomic mass is 32.2. The number of tetrazole rings is 1. The molecule has 0 bridgehead atoms. The Morgan fingerprint density at radius 2 is 1.74 bits per heavy atom. The van der Waals surface area contributed by atoms with E-state index in [-0.39, 0.29) is 5.82 Å². The minimum Gasteiger partial charge on any atom is -0.489 e. The molecule has 0 unspecified atom stereocenters. The van der Waals surface area contributed by atoms with E-state index < -0.39 is 0 Å². The third-order valence-electron chi connectivity index (χ3n) is 3.19. The van der Waals surface area contributed by atoms with Crippen LogP contribution in [-0.4, -0.2) is 20.2 Å². The van der Waals surface area contributed by atoms with Crippen LogP contribution in [-0.2, 0) is 19.4 Å². The lowest BCUT2D eigenvalue weighted by atomic mass is 10.2. The van der Waals surface area contributed by atoms with E-state index in [1.54, 1.807) is 28.6 Å². The van der Waals surface area contributed by atoms with E-state index in [2.05, 4.69) is 15.5 Å². The number of hydrogen-bond acceptors (Lipinski definition) is 5. The molecule has 3 aromatic rings. The molecule has 23 heavy (non-hydrogen) atoms. The van der Waals surface area contributed by atoms with Crippen molar-refractivity contribution in [1.82, 2.24) is 20.2 Å². The van der Waals surface area contributed by atoms with Crippen molar-refractivity contribution in [1.29, 1.82) is 0 Å². The molecule has 3 rings (SSSR count). The van der Waals surface area contributed by atoms with Gasteiger partial charge in [0, 0.05) is 12.8 Å². The Bertz CT molecular complexity index is 759. The zero-order valence-electron chi connectivity index (χ0n) is 12.5. The standard InChI is InChI=1S/C16H15FN4OS/c1-21-16(18-19-20-21)23-11-13-4-8-15(9-5-13)22-10-12-2-6-14(17)7-3-12/h2-9H,10-11H2,1H3. The molecule has 0 radical (unpaired) electrons. The maximum Gasteiger partial charge on any atom is 0.209 e. The van der Waals surface area contributed by atoms with Gasteiger partial charge in [-0.15, -0.1) is 5.10 Å². The monoisotopic (exact) mass is 330 g/mol. The van der Waals surface area contributed by atoms with Crippen LogP contribution in [0.3, 0.4) is 0 Å². The van der Waals surface area contributed by atoms with Gasteiger partial charge in [-0.1, -0.05) is 36.0 Å². The van der Waals surface area contributed by atoms with Crippen LogP contribution < -0.4 is 4.74 Å². The third-order valence-corrected chi connectivity index (χ3v) is 4.27. The van der Waals surface area contributed by atoms with Gasteiger partial charge < -0.3 is 4.74 Å². The average Bonchev–Trinajstić information content (AvgIpc) is 2.98. The summed E-state index contributed by atoms with van der Waals surface area (Å²) in [5, 5.41) is 12.1. The van der Waals surface area contributed by atoms with Crippen molar-refractivity contribution in [2.45, 2.75) is 17.5 Å². The van der Waals surface area contributed by atoms with Gasteiger partial charge in [-0.05, 0) is 45.8 Å². The first-order valence-electron chi connectivity index (χ1n) is 7.02. The largest absolute Gasteiger partial charge is 0.489 e. The Morgan fingerprint density at radius 3 is 2.39 bits per heavy atom. The zero-order valence-corrected chi connectivity index (χ0v) is 13.3. The van der Waals surface area contributed by atoms with Gasteiger partial charge in [0.2, 0.25) is 5.16 Å². The number of hydrogen-bond donors (Lipinski definition) is 0. The molecular formula is C16H15FN4OS. The summed E-state index contributed by atoms with van der Waals surface area (Å²) in [5.41, 5.74) is 2.09. The molecule has 0 fully saturated rings. The van der Waals surface area contributed by atoms with Crippen LogP contribution in [0.5, 0.6) is 5.75 Å². The first kappa shape index (κ1) is 15.5. The second-order valence-corrected chi connectivity index (χ2v) is 5.88. The van der Waals surface area contributed by atoms with Gasteiger partial charge in [-0.25, -0.2) is 9.07 Å². The Hall–Kier alpha value is -2.41. The van der Waals surface area contributed by atoms with Gasteiger partial charge in [0.05, 0.1) is 0 Å². The Kier molecular flexibility index (Phi) is 4.87. The summed E-state index contributed by atoms with van der Waals surface area (Å²) in [5.74, 6) is 1.32. The number of rotatable bonds is 6. The van der Waals surface area contributed by atoms with E-state index >= 15 is 0 Å². The van der Waals surface area contributed by atoms with Crippen LogP contribution in [0.25, 0.3) is 0 Å². The smallest absolute Gasteiger partial charge is 0.209 e. The van der Waals surface area contributed by atoms with Crippen molar-refractivity contribution in [3.05, 3.63) is 65.5 Å². The van der Waals surface area contributed by atoms with Crippen molar-refractivity contribution in [3.63, 3.8) is 0 Å². The highest BCUT2D eigenvalue weighted by molar-refractivity contribution is 7.98. The van der Waals surface area contributed by atoms with Gasteiger partial charge in [0.15, 0.2) is 0 Å². The van der Waals surface area contributed by atoms with Crippen molar-refractivity contribution < 1.29 is 9.13 Å². The van der Waals surface area contributed by atoms with Gasteiger partial charge >= 0.3 is 0 Å². The molecule has 118 valence electrons. The van der Waals surface area contributed by atoms with E-state index in [0.29, 0.717) is 6.61 Å². The van der Waals surface area contributed by atoms with E-state index in [1.165, 1.54) is 12.1 Å².